The summed E-state index contributed by atoms with van der Waals surface area (Å²) in [7, 11) is 0. The predicted octanol–water partition coefficient (Wildman–Crippen LogP) is 2.62. The van der Waals surface area contributed by atoms with Crippen molar-refractivity contribution >= 4 is 29.1 Å². The zero-order valence-corrected chi connectivity index (χ0v) is 14.1. The van der Waals surface area contributed by atoms with E-state index in [2.05, 4.69) is 10.9 Å². The molecule has 10 heteroatoms. The lowest BCUT2D eigenvalue weighted by molar-refractivity contribution is -0.384. The monoisotopic (exact) mass is 381 g/mol. The van der Waals surface area contributed by atoms with Crippen LogP contribution < -0.4 is 15.6 Å². The number of nitrogens with one attached hydrogen (secondary N) is 2. The van der Waals surface area contributed by atoms with Gasteiger partial charge in [0.1, 0.15) is 5.02 Å². The van der Waals surface area contributed by atoms with E-state index >= 15 is 0 Å². The maximum Gasteiger partial charge on any atom is 0.288 e. The van der Waals surface area contributed by atoms with Crippen LogP contribution in [-0.4, -0.2) is 22.8 Å². The Hall–Kier alpha value is -3.20. The standard InChI is InChI=1S/C16H13ClFN3O5/c1-9(26-14-5-3-2-4-12(14)18)15(22)19-20-16(23)10-6-7-11(17)13(8-10)21(24)25/h2-9H,1H3,(H,19,22)(H,20,23)/t9-/m0/s1. The van der Waals surface area contributed by atoms with Crippen LogP contribution in [0.25, 0.3) is 0 Å². The minimum atomic E-state index is -1.10. The van der Waals surface area contributed by atoms with Crippen LogP contribution in [0, 0.1) is 15.9 Å². The molecule has 136 valence electrons. The lowest BCUT2D eigenvalue weighted by atomic mass is 10.2. The number of hydrogen-bond donors (Lipinski definition) is 2. The fourth-order valence-electron chi connectivity index (χ4n) is 1.87. The number of hydrazine groups is 1. The lowest BCUT2D eigenvalue weighted by Crippen LogP contribution is -2.47. The van der Waals surface area contributed by atoms with Crippen LogP contribution in [-0.2, 0) is 4.79 Å². The fourth-order valence-corrected chi connectivity index (χ4v) is 2.06. The molecule has 2 aromatic carbocycles. The molecule has 0 bridgehead atoms. The summed E-state index contributed by atoms with van der Waals surface area (Å²) in [6.45, 7) is 1.36. The number of nitro benzene ring substituents is 1. The van der Waals surface area contributed by atoms with Gasteiger partial charge in [-0.1, -0.05) is 23.7 Å². The molecule has 2 amide bonds. The average molecular weight is 382 g/mol. The normalized spacial score (nSPS) is 11.3. The van der Waals surface area contributed by atoms with Gasteiger partial charge in [0.2, 0.25) is 0 Å². The third-order valence-corrected chi connectivity index (χ3v) is 3.53. The van der Waals surface area contributed by atoms with Crippen molar-refractivity contribution in [1.29, 1.82) is 0 Å². The van der Waals surface area contributed by atoms with Gasteiger partial charge in [0, 0.05) is 11.6 Å². The molecule has 0 aliphatic rings. The van der Waals surface area contributed by atoms with E-state index in [0.717, 1.165) is 6.07 Å². The predicted molar refractivity (Wildman–Crippen MR) is 90.2 cm³/mol. The van der Waals surface area contributed by atoms with Crippen molar-refractivity contribution in [1.82, 2.24) is 10.9 Å². The summed E-state index contributed by atoms with van der Waals surface area (Å²) in [5, 5.41) is 10.7. The number of nitrogens with zero attached hydrogens (tertiary/aromatic N) is 1. The van der Waals surface area contributed by atoms with Crippen LogP contribution in [0.5, 0.6) is 5.75 Å². The Labute approximate surface area is 152 Å². The van der Waals surface area contributed by atoms with Gasteiger partial charge in [-0.15, -0.1) is 0 Å². The number of amides is 2. The molecule has 0 fully saturated rings. The van der Waals surface area contributed by atoms with E-state index in [1.807, 2.05) is 0 Å². The summed E-state index contributed by atoms with van der Waals surface area (Å²) in [6, 6.07) is 8.97. The van der Waals surface area contributed by atoms with Crippen LogP contribution in [0.4, 0.5) is 10.1 Å². The number of rotatable bonds is 5. The van der Waals surface area contributed by atoms with E-state index in [9.17, 15) is 24.1 Å². The number of benzene rings is 2. The molecule has 0 aromatic heterocycles. The van der Waals surface area contributed by atoms with Gasteiger partial charge >= 0.3 is 0 Å². The molecule has 0 aliphatic heterocycles. The first-order chi connectivity index (χ1) is 12.3. The van der Waals surface area contributed by atoms with Gasteiger partial charge in [0.05, 0.1) is 4.92 Å². The molecule has 0 heterocycles. The summed E-state index contributed by atoms with van der Waals surface area (Å²) >= 11 is 5.66. The van der Waals surface area contributed by atoms with E-state index in [-0.39, 0.29) is 16.3 Å². The third-order valence-electron chi connectivity index (χ3n) is 3.21. The van der Waals surface area contributed by atoms with Crippen molar-refractivity contribution in [2.24, 2.45) is 0 Å². The maximum absolute atomic E-state index is 13.5. The van der Waals surface area contributed by atoms with E-state index in [4.69, 9.17) is 16.3 Å². The van der Waals surface area contributed by atoms with Gasteiger partial charge in [-0.05, 0) is 31.2 Å². The van der Waals surface area contributed by atoms with Crippen molar-refractivity contribution in [2.45, 2.75) is 13.0 Å². The van der Waals surface area contributed by atoms with Crippen molar-refractivity contribution < 1.29 is 23.6 Å². The Morgan fingerprint density at radius 2 is 1.92 bits per heavy atom. The largest absolute Gasteiger partial charge is 0.478 e. The van der Waals surface area contributed by atoms with Crippen LogP contribution in [0.3, 0.4) is 0 Å². The van der Waals surface area contributed by atoms with Gasteiger partial charge in [-0.3, -0.25) is 30.6 Å². The second kappa shape index (κ2) is 8.26. The molecule has 8 nitrogen and oxygen atoms in total. The topological polar surface area (TPSA) is 111 Å². The van der Waals surface area contributed by atoms with Crippen LogP contribution in [0.15, 0.2) is 42.5 Å². The number of halogens is 2. The Kier molecular flexibility index (Phi) is 6.07. The lowest BCUT2D eigenvalue weighted by Gasteiger charge is -2.15. The van der Waals surface area contributed by atoms with E-state index < -0.39 is 34.3 Å². The van der Waals surface area contributed by atoms with Crippen LogP contribution in [0.2, 0.25) is 5.02 Å². The van der Waals surface area contributed by atoms with E-state index in [0.29, 0.717) is 0 Å². The second-order valence-electron chi connectivity index (χ2n) is 5.06. The highest BCUT2D eigenvalue weighted by atomic mass is 35.5. The quantitative estimate of drug-likeness (QED) is 0.611. The molecule has 2 aromatic rings. The fraction of sp³-hybridized carbons (Fsp3) is 0.125. The third kappa shape index (κ3) is 4.67. The molecule has 0 saturated carbocycles. The highest BCUT2D eigenvalue weighted by Gasteiger charge is 2.19. The molecular formula is C16H13ClFN3O5. The summed E-state index contributed by atoms with van der Waals surface area (Å²) < 4.78 is 18.7. The Bertz CT molecular complexity index is 862. The van der Waals surface area contributed by atoms with Gasteiger partial charge in [-0.25, -0.2) is 4.39 Å². The molecule has 0 spiro atoms. The second-order valence-corrected chi connectivity index (χ2v) is 5.46. The first-order valence-corrected chi connectivity index (χ1v) is 7.62. The van der Waals surface area contributed by atoms with E-state index in [1.165, 1.54) is 43.3 Å². The highest BCUT2D eigenvalue weighted by Crippen LogP contribution is 2.24. The average Bonchev–Trinajstić information content (AvgIpc) is 2.61. The van der Waals surface area contributed by atoms with Crippen LogP contribution >= 0.6 is 11.6 Å². The zero-order valence-electron chi connectivity index (χ0n) is 13.4. The maximum atomic E-state index is 13.5. The summed E-state index contributed by atoms with van der Waals surface area (Å²) in [4.78, 5) is 34.0. The minimum Gasteiger partial charge on any atom is -0.478 e. The molecule has 0 radical (unpaired) electrons. The number of para-hydroxylation sites is 1. The first kappa shape index (κ1) is 19.1. The number of hydrogen-bond acceptors (Lipinski definition) is 5. The summed E-state index contributed by atoms with van der Waals surface area (Å²) in [5.74, 6) is -2.29. The van der Waals surface area contributed by atoms with Crippen molar-refractivity contribution in [3.8, 4) is 5.75 Å². The molecule has 2 N–H and O–H groups in total. The summed E-state index contributed by atoms with van der Waals surface area (Å²) in [6.07, 6.45) is -1.10. The van der Waals surface area contributed by atoms with Crippen LogP contribution in [0.1, 0.15) is 17.3 Å². The smallest absolute Gasteiger partial charge is 0.288 e. The zero-order chi connectivity index (χ0) is 19.3. The molecule has 2 rings (SSSR count). The Balaban J connectivity index is 1.96. The number of carbonyl (C=O) groups is 2. The van der Waals surface area contributed by atoms with E-state index in [1.54, 1.807) is 0 Å². The van der Waals surface area contributed by atoms with Crippen molar-refractivity contribution in [2.75, 3.05) is 0 Å². The Morgan fingerprint density at radius 3 is 2.58 bits per heavy atom. The van der Waals surface area contributed by atoms with Gasteiger partial charge in [0.15, 0.2) is 17.7 Å². The molecule has 1 atom stereocenters. The van der Waals surface area contributed by atoms with Crippen molar-refractivity contribution in [3.05, 3.63) is 69.0 Å². The minimum absolute atomic E-state index is 0.0796. The molecule has 0 unspecified atom stereocenters. The highest BCUT2D eigenvalue weighted by molar-refractivity contribution is 6.32. The van der Waals surface area contributed by atoms with Gasteiger partial charge < -0.3 is 4.74 Å². The Morgan fingerprint density at radius 1 is 1.23 bits per heavy atom. The molecule has 0 saturated heterocycles. The number of nitro groups is 1. The van der Waals surface area contributed by atoms with Gasteiger partial charge in [-0.2, -0.15) is 0 Å². The molecule has 0 aliphatic carbocycles. The van der Waals surface area contributed by atoms with Gasteiger partial charge in [0.25, 0.3) is 17.5 Å². The number of carbonyl (C=O) groups excluding carboxylic acids is 2. The number of ether oxygens (including phenoxy) is 1. The first-order valence-electron chi connectivity index (χ1n) is 7.25. The molecular weight excluding hydrogens is 369 g/mol. The van der Waals surface area contributed by atoms with Crippen molar-refractivity contribution in [3.63, 3.8) is 0 Å². The SMILES string of the molecule is C[C@H](Oc1ccccc1F)C(=O)NNC(=O)c1ccc(Cl)c([N+](=O)[O-])c1. The summed E-state index contributed by atoms with van der Waals surface area (Å²) in [5.41, 5.74) is 3.66. The molecule has 26 heavy (non-hydrogen) atoms.